The first-order valence-corrected chi connectivity index (χ1v) is 8.41. The molecule has 0 amide bonds. The van der Waals surface area contributed by atoms with Gasteiger partial charge in [0.15, 0.2) is 0 Å². The molecule has 7 heteroatoms. The van der Waals surface area contributed by atoms with E-state index >= 15 is 0 Å². The third-order valence-corrected chi connectivity index (χ3v) is 3.74. The molecule has 0 aliphatic carbocycles. The molecule has 2 aromatic carbocycles. The maximum absolute atomic E-state index is 12.5. The Labute approximate surface area is 154 Å². The number of hydrogen-bond donors (Lipinski definition) is 0. The van der Waals surface area contributed by atoms with Gasteiger partial charge in [0.25, 0.3) is 0 Å². The number of carbonyl (C=O) groups is 2. The van der Waals surface area contributed by atoms with E-state index in [2.05, 4.69) is 0 Å². The fraction of sp³-hybridized carbons (Fsp3) is 0.300. The highest BCUT2D eigenvalue weighted by Gasteiger charge is 2.29. The van der Waals surface area contributed by atoms with E-state index in [0.717, 1.165) is 25.0 Å². The van der Waals surface area contributed by atoms with Crippen molar-refractivity contribution in [2.24, 2.45) is 0 Å². The van der Waals surface area contributed by atoms with Crippen molar-refractivity contribution in [1.29, 1.82) is 0 Å². The van der Waals surface area contributed by atoms with Gasteiger partial charge in [0.1, 0.15) is 6.61 Å². The Kier molecular flexibility index (Phi) is 6.98. The van der Waals surface area contributed by atoms with E-state index < -0.39 is 23.7 Å². The zero-order valence-corrected chi connectivity index (χ0v) is 14.7. The second-order valence-corrected chi connectivity index (χ2v) is 5.84. The second-order valence-electron chi connectivity index (χ2n) is 5.84. The summed E-state index contributed by atoms with van der Waals surface area (Å²) in [7, 11) is 0. The number of rotatable bonds is 7. The molecular weight excluding hydrogens is 361 g/mol. The van der Waals surface area contributed by atoms with Gasteiger partial charge in [0.2, 0.25) is 0 Å². The Morgan fingerprint density at radius 1 is 0.852 bits per heavy atom. The lowest BCUT2D eigenvalue weighted by atomic mass is 10.1. The number of halogens is 3. The number of carbonyl (C=O) groups excluding carboxylic acids is 2. The van der Waals surface area contributed by atoms with Crippen molar-refractivity contribution in [3.63, 3.8) is 0 Å². The van der Waals surface area contributed by atoms with Gasteiger partial charge in [-0.1, -0.05) is 25.5 Å². The van der Waals surface area contributed by atoms with Crippen molar-refractivity contribution in [3.05, 3.63) is 70.8 Å². The highest BCUT2D eigenvalue weighted by atomic mass is 19.4. The number of unbranched alkanes of at least 4 members (excludes halogenated alkanes) is 1. The van der Waals surface area contributed by atoms with E-state index in [1.807, 2.05) is 6.92 Å². The van der Waals surface area contributed by atoms with Crippen LogP contribution < -0.4 is 0 Å². The van der Waals surface area contributed by atoms with Crippen LogP contribution in [0.4, 0.5) is 13.2 Å². The van der Waals surface area contributed by atoms with E-state index in [4.69, 9.17) is 9.47 Å². The minimum Gasteiger partial charge on any atom is -0.462 e. The predicted octanol–water partition coefficient (Wildman–Crippen LogP) is 5.02. The van der Waals surface area contributed by atoms with Crippen LogP contribution in [0.3, 0.4) is 0 Å². The molecule has 0 heterocycles. The van der Waals surface area contributed by atoms with Crippen LogP contribution in [0.5, 0.6) is 0 Å². The van der Waals surface area contributed by atoms with Crippen LogP contribution in [0.15, 0.2) is 48.5 Å². The molecule has 0 saturated heterocycles. The van der Waals surface area contributed by atoms with Crippen LogP contribution in [-0.2, 0) is 22.3 Å². The molecule has 4 nitrogen and oxygen atoms in total. The summed E-state index contributed by atoms with van der Waals surface area (Å²) >= 11 is 0. The monoisotopic (exact) mass is 380 g/mol. The topological polar surface area (TPSA) is 52.6 Å². The maximum Gasteiger partial charge on any atom is 0.416 e. The van der Waals surface area contributed by atoms with E-state index in [0.29, 0.717) is 17.7 Å². The SMILES string of the molecule is CCCCOC(=O)c1ccc(C(=O)OCc2ccc(C(F)(F)F)cc2)cc1. The van der Waals surface area contributed by atoms with Crippen molar-refractivity contribution in [2.45, 2.75) is 32.5 Å². The quantitative estimate of drug-likeness (QED) is 0.500. The third-order valence-electron chi connectivity index (χ3n) is 3.74. The van der Waals surface area contributed by atoms with Crippen LogP contribution in [0, 0.1) is 0 Å². The molecule has 0 aliphatic rings. The molecule has 0 fully saturated rings. The van der Waals surface area contributed by atoms with Crippen molar-refractivity contribution >= 4 is 11.9 Å². The van der Waals surface area contributed by atoms with Crippen LogP contribution in [0.1, 0.15) is 51.6 Å². The van der Waals surface area contributed by atoms with Gasteiger partial charge in [-0.25, -0.2) is 9.59 Å². The fourth-order valence-corrected chi connectivity index (χ4v) is 2.16. The number of alkyl halides is 3. The first-order chi connectivity index (χ1) is 12.8. The Balaban J connectivity index is 1.89. The highest BCUT2D eigenvalue weighted by molar-refractivity contribution is 5.93. The van der Waals surface area contributed by atoms with Crippen LogP contribution >= 0.6 is 0 Å². The lowest BCUT2D eigenvalue weighted by Crippen LogP contribution is -2.09. The van der Waals surface area contributed by atoms with Gasteiger partial charge in [-0.3, -0.25) is 0 Å². The van der Waals surface area contributed by atoms with Crippen molar-refractivity contribution < 1.29 is 32.2 Å². The average molecular weight is 380 g/mol. The van der Waals surface area contributed by atoms with Gasteiger partial charge < -0.3 is 9.47 Å². The molecular formula is C20H19F3O4. The smallest absolute Gasteiger partial charge is 0.416 e. The fourth-order valence-electron chi connectivity index (χ4n) is 2.16. The summed E-state index contributed by atoms with van der Waals surface area (Å²) in [5.41, 5.74) is 0.226. The highest BCUT2D eigenvalue weighted by Crippen LogP contribution is 2.29. The Morgan fingerprint density at radius 2 is 1.37 bits per heavy atom. The lowest BCUT2D eigenvalue weighted by Gasteiger charge is -2.09. The Morgan fingerprint density at radius 3 is 1.85 bits per heavy atom. The van der Waals surface area contributed by atoms with Gasteiger partial charge in [-0.15, -0.1) is 0 Å². The molecule has 2 rings (SSSR count). The third kappa shape index (κ3) is 6.13. The number of ether oxygens (including phenoxy) is 2. The molecule has 0 aliphatic heterocycles. The second kappa shape index (κ2) is 9.21. The summed E-state index contributed by atoms with van der Waals surface area (Å²) in [5, 5.41) is 0. The summed E-state index contributed by atoms with van der Waals surface area (Å²) in [4.78, 5) is 23.8. The first kappa shape index (κ1) is 20.5. The molecule has 0 unspecified atom stereocenters. The van der Waals surface area contributed by atoms with Crippen molar-refractivity contribution in [1.82, 2.24) is 0 Å². The summed E-state index contributed by atoms with van der Waals surface area (Å²) in [6.07, 6.45) is -2.72. The molecule has 0 spiro atoms. The minimum atomic E-state index is -4.41. The normalized spacial score (nSPS) is 11.1. The number of hydrogen-bond acceptors (Lipinski definition) is 4. The van der Waals surface area contributed by atoms with Gasteiger partial charge in [-0.05, 0) is 48.4 Å². The summed E-state index contributed by atoms with van der Waals surface area (Å²) in [5.74, 6) is -1.10. The molecule has 144 valence electrons. The average Bonchev–Trinajstić information content (AvgIpc) is 2.66. The maximum atomic E-state index is 12.5. The number of esters is 2. The summed E-state index contributed by atoms with van der Waals surface area (Å²) < 4.78 is 47.7. The molecule has 27 heavy (non-hydrogen) atoms. The Bertz CT molecular complexity index is 765. The predicted molar refractivity (Wildman–Crippen MR) is 92.2 cm³/mol. The van der Waals surface area contributed by atoms with Crippen LogP contribution in [-0.4, -0.2) is 18.5 Å². The molecule has 2 aromatic rings. The standard InChI is InChI=1S/C20H19F3O4/c1-2-3-12-26-18(24)15-6-8-16(9-7-15)19(25)27-13-14-4-10-17(11-5-14)20(21,22)23/h4-11H,2-3,12-13H2,1H3. The van der Waals surface area contributed by atoms with E-state index in [9.17, 15) is 22.8 Å². The largest absolute Gasteiger partial charge is 0.462 e. The molecule has 0 saturated carbocycles. The zero-order valence-electron chi connectivity index (χ0n) is 14.7. The van der Waals surface area contributed by atoms with Gasteiger partial charge in [-0.2, -0.15) is 13.2 Å². The summed E-state index contributed by atoms with van der Waals surface area (Å²) in [6, 6.07) is 10.2. The molecule has 0 N–H and O–H groups in total. The van der Waals surface area contributed by atoms with E-state index in [-0.39, 0.29) is 12.2 Å². The summed E-state index contributed by atoms with van der Waals surface area (Å²) in [6.45, 7) is 2.17. The minimum absolute atomic E-state index is 0.155. The van der Waals surface area contributed by atoms with Crippen molar-refractivity contribution in [2.75, 3.05) is 6.61 Å². The molecule has 0 bridgehead atoms. The first-order valence-electron chi connectivity index (χ1n) is 8.41. The van der Waals surface area contributed by atoms with E-state index in [1.54, 1.807) is 0 Å². The molecule has 0 radical (unpaired) electrons. The van der Waals surface area contributed by atoms with Gasteiger partial charge in [0, 0.05) is 0 Å². The molecule has 0 atom stereocenters. The van der Waals surface area contributed by atoms with Gasteiger partial charge >= 0.3 is 18.1 Å². The molecule has 0 aromatic heterocycles. The van der Waals surface area contributed by atoms with Crippen molar-refractivity contribution in [3.8, 4) is 0 Å². The number of benzene rings is 2. The lowest BCUT2D eigenvalue weighted by molar-refractivity contribution is -0.137. The van der Waals surface area contributed by atoms with Crippen LogP contribution in [0.2, 0.25) is 0 Å². The zero-order chi connectivity index (χ0) is 19.9. The van der Waals surface area contributed by atoms with Gasteiger partial charge in [0.05, 0.1) is 23.3 Å². The Hall–Kier alpha value is -2.83. The van der Waals surface area contributed by atoms with Crippen LogP contribution in [0.25, 0.3) is 0 Å². The van der Waals surface area contributed by atoms with E-state index in [1.165, 1.54) is 36.4 Å².